The average Bonchev–Trinajstić information content (AvgIpc) is 3.60. The van der Waals surface area contributed by atoms with Crippen molar-refractivity contribution in [2.24, 2.45) is 5.92 Å². The number of hydrogen-bond donors (Lipinski definition) is 3. The fourth-order valence-electron chi connectivity index (χ4n) is 5.96. The summed E-state index contributed by atoms with van der Waals surface area (Å²) >= 11 is 0. The molecule has 0 atom stereocenters. The van der Waals surface area contributed by atoms with E-state index in [1.54, 1.807) is 41.7 Å². The van der Waals surface area contributed by atoms with Crippen LogP contribution in [-0.2, 0) is 11.3 Å². The summed E-state index contributed by atoms with van der Waals surface area (Å²) in [6.45, 7) is 2.93. The summed E-state index contributed by atoms with van der Waals surface area (Å²) in [6.07, 6.45) is 8.55. The van der Waals surface area contributed by atoms with E-state index in [0.29, 0.717) is 55.5 Å². The molecule has 0 aromatic carbocycles. The van der Waals surface area contributed by atoms with Gasteiger partial charge in [-0.2, -0.15) is 5.10 Å². The number of amides is 4. The molecule has 0 bridgehead atoms. The molecule has 7 rings (SSSR count). The number of aromatic nitrogens is 5. The first-order valence-electron chi connectivity index (χ1n) is 15.9. The van der Waals surface area contributed by atoms with Crippen molar-refractivity contribution in [1.82, 2.24) is 34.9 Å². The van der Waals surface area contributed by atoms with Crippen LogP contribution in [0.15, 0.2) is 53.7 Å². The number of likely N-dealkylation sites (tertiary alicyclic amines) is 1. The van der Waals surface area contributed by atoms with Gasteiger partial charge in [0, 0.05) is 75.1 Å². The maximum Gasteiger partial charge on any atom is 0.328 e. The SMILES string of the molecule is O=C1CCN(c2ccncc2CN2CCC(n3cc(NC(=O)c4coc(-c5ccnc(NCC6CC6)c5)n4)c(C(F)F)n3)CC2)C(=O)N1. The molecular formula is C32H34F2N10O4. The Bertz CT molecular complexity index is 1820. The lowest BCUT2D eigenvalue weighted by Crippen LogP contribution is -2.50. The van der Waals surface area contributed by atoms with Gasteiger partial charge in [0.1, 0.15) is 12.1 Å². The minimum atomic E-state index is -2.90. The van der Waals surface area contributed by atoms with E-state index in [1.807, 2.05) is 0 Å². The number of nitrogens with zero attached hydrogens (tertiary/aromatic N) is 7. The van der Waals surface area contributed by atoms with Gasteiger partial charge in [0.25, 0.3) is 12.3 Å². The summed E-state index contributed by atoms with van der Waals surface area (Å²) in [6, 6.07) is 4.63. The van der Waals surface area contributed by atoms with Crippen LogP contribution in [0.2, 0.25) is 0 Å². The maximum atomic E-state index is 14.0. The van der Waals surface area contributed by atoms with Gasteiger partial charge >= 0.3 is 6.03 Å². The van der Waals surface area contributed by atoms with E-state index in [9.17, 15) is 23.2 Å². The number of hydrogen-bond acceptors (Lipinski definition) is 10. The highest BCUT2D eigenvalue weighted by Gasteiger charge is 2.29. The molecule has 0 spiro atoms. The first-order valence-corrected chi connectivity index (χ1v) is 15.9. The summed E-state index contributed by atoms with van der Waals surface area (Å²) in [5, 5.41) is 12.3. The van der Waals surface area contributed by atoms with E-state index in [-0.39, 0.29) is 42.2 Å². The van der Waals surface area contributed by atoms with Crippen molar-refractivity contribution in [2.75, 3.05) is 41.7 Å². The van der Waals surface area contributed by atoms with Crippen LogP contribution < -0.4 is 20.9 Å². The summed E-state index contributed by atoms with van der Waals surface area (Å²) in [7, 11) is 0. The normalized spacial score (nSPS) is 17.5. The third-order valence-corrected chi connectivity index (χ3v) is 8.78. The van der Waals surface area contributed by atoms with Gasteiger partial charge in [0.2, 0.25) is 11.8 Å². The second kappa shape index (κ2) is 13.5. The summed E-state index contributed by atoms with van der Waals surface area (Å²) in [4.78, 5) is 53.7. The second-order valence-corrected chi connectivity index (χ2v) is 12.2. The number of imide groups is 1. The predicted molar refractivity (Wildman–Crippen MR) is 169 cm³/mol. The van der Waals surface area contributed by atoms with Crippen LogP contribution in [0.5, 0.6) is 0 Å². The Morgan fingerprint density at radius 2 is 1.94 bits per heavy atom. The zero-order valence-electron chi connectivity index (χ0n) is 25.9. The van der Waals surface area contributed by atoms with Gasteiger partial charge < -0.3 is 15.1 Å². The topological polar surface area (TPSA) is 163 Å². The molecule has 16 heteroatoms. The Kier molecular flexibility index (Phi) is 8.80. The highest BCUT2D eigenvalue weighted by molar-refractivity contribution is 6.06. The molecule has 3 fully saturated rings. The number of rotatable bonds is 11. The molecule has 250 valence electrons. The second-order valence-electron chi connectivity index (χ2n) is 12.2. The smallest absolute Gasteiger partial charge is 0.328 e. The van der Waals surface area contributed by atoms with Crippen molar-refractivity contribution in [2.45, 2.75) is 51.1 Å². The minimum absolute atomic E-state index is 0.0565. The number of nitrogens with one attached hydrogen (secondary N) is 3. The molecule has 2 saturated heterocycles. The van der Waals surface area contributed by atoms with Gasteiger partial charge in [-0.3, -0.25) is 34.4 Å². The van der Waals surface area contributed by atoms with Crippen LogP contribution in [0.4, 0.5) is 30.8 Å². The Morgan fingerprint density at radius 3 is 2.71 bits per heavy atom. The molecule has 0 unspecified atom stereocenters. The number of carbonyl (C=O) groups excluding carboxylic acids is 3. The zero-order valence-corrected chi connectivity index (χ0v) is 25.9. The number of oxazole rings is 1. The Labute approximate surface area is 273 Å². The first-order chi connectivity index (χ1) is 23.3. The molecule has 6 heterocycles. The van der Waals surface area contributed by atoms with Gasteiger partial charge in [-0.1, -0.05) is 0 Å². The number of halogens is 2. The van der Waals surface area contributed by atoms with Crippen molar-refractivity contribution in [3.05, 3.63) is 66.2 Å². The van der Waals surface area contributed by atoms with Gasteiger partial charge in [-0.25, -0.2) is 23.5 Å². The number of pyridine rings is 2. The number of alkyl halides is 2. The van der Waals surface area contributed by atoms with Crippen molar-refractivity contribution < 1.29 is 27.6 Å². The zero-order chi connectivity index (χ0) is 33.2. The van der Waals surface area contributed by atoms with E-state index in [0.717, 1.165) is 12.1 Å². The number of anilines is 3. The number of urea groups is 1. The molecule has 48 heavy (non-hydrogen) atoms. The quantitative estimate of drug-likeness (QED) is 0.207. The summed E-state index contributed by atoms with van der Waals surface area (Å²) in [5.41, 5.74) is 1.50. The standard InChI is InChI=1S/C32H34F2N10O4/c33-29(34)28-23(38-30(46)24-18-48-31(39-24)20-3-9-36-26(13-20)37-14-19-1-2-19)17-44(41-28)22-5-10-42(11-6-22)16-21-15-35-8-4-25(21)43-12-7-27(45)40-32(43)47/h3-4,8-9,13,15,17-19,22,29H,1-2,5-7,10-12,14,16H2,(H,36,37)(H,38,46)(H,40,45,47). The van der Waals surface area contributed by atoms with Crippen molar-refractivity contribution in [1.29, 1.82) is 0 Å². The lowest BCUT2D eigenvalue weighted by molar-refractivity contribution is -0.120. The summed E-state index contributed by atoms with van der Waals surface area (Å²) < 4.78 is 35.1. The Morgan fingerprint density at radius 1 is 1.10 bits per heavy atom. The minimum Gasteiger partial charge on any atom is -0.444 e. The molecule has 2 aliphatic heterocycles. The molecule has 1 aliphatic carbocycles. The van der Waals surface area contributed by atoms with Crippen LogP contribution in [0.3, 0.4) is 0 Å². The van der Waals surface area contributed by atoms with Crippen molar-refractivity contribution >= 4 is 35.0 Å². The molecule has 4 aromatic heterocycles. The van der Waals surface area contributed by atoms with Gasteiger partial charge in [0.15, 0.2) is 11.4 Å². The third-order valence-electron chi connectivity index (χ3n) is 8.78. The molecular weight excluding hydrogens is 626 g/mol. The van der Waals surface area contributed by atoms with Crippen LogP contribution in [0.1, 0.15) is 66.3 Å². The largest absolute Gasteiger partial charge is 0.444 e. The molecule has 4 aromatic rings. The van der Waals surface area contributed by atoms with Crippen LogP contribution >= 0.6 is 0 Å². The third kappa shape index (κ3) is 7.02. The maximum absolute atomic E-state index is 14.0. The Balaban J connectivity index is 0.980. The monoisotopic (exact) mass is 660 g/mol. The first kappa shape index (κ1) is 31.4. The Hall–Kier alpha value is -5.25. The average molecular weight is 661 g/mol. The highest BCUT2D eigenvalue weighted by atomic mass is 19.3. The van der Waals surface area contributed by atoms with Crippen LogP contribution in [-0.4, -0.2) is 73.7 Å². The number of carbonyl (C=O) groups is 3. The van der Waals surface area contributed by atoms with E-state index >= 15 is 0 Å². The van der Waals surface area contributed by atoms with Crippen molar-refractivity contribution in [3.8, 4) is 11.5 Å². The van der Waals surface area contributed by atoms with Crippen LogP contribution in [0.25, 0.3) is 11.5 Å². The lowest BCUT2D eigenvalue weighted by atomic mass is 10.0. The molecule has 1 saturated carbocycles. The van der Waals surface area contributed by atoms with E-state index in [2.05, 4.69) is 40.9 Å². The molecule has 3 N–H and O–H groups in total. The predicted octanol–water partition coefficient (Wildman–Crippen LogP) is 4.62. The lowest BCUT2D eigenvalue weighted by Gasteiger charge is -2.33. The fraction of sp³-hybridized carbons (Fsp3) is 0.406. The highest BCUT2D eigenvalue weighted by Crippen LogP contribution is 2.32. The van der Waals surface area contributed by atoms with Crippen LogP contribution in [0, 0.1) is 5.92 Å². The fourth-order valence-corrected chi connectivity index (χ4v) is 5.96. The molecule has 3 aliphatic rings. The van der Waals surface area contributed by atoms with E-state index < -0.39 is 24.1 Å². The number of piperidine rings is 1. The summed E-state index contributed by atoms with van der Waals surface area (Å²) in [5.74, 6) is 0.558. The van der Waals surface area contributed by atoms with Gasteiger partial charge in [-0.15, -0.1) is 0 Å². The molecule has 0 radical (unpaired) electrons. The molecule has 4 amide bonds. The van der Waals surface area contributed by atoms with E-state index in [1.165, 1.54) is 30.0 Å². The van der Waals surface area contributed by atoms with Gasteiger partial charge in [-0.05, 0) is 49.8 Å². The molecule has 14 nitrogen and oxygen atoms in total. The van der Waals surface area contributed by atoms with E-state index in [4.69, 9.17) is 4.42 Å². The van der Waals surface area contributed by atoms with Crippen molar-refractivity contribution in [3.63, 3.8) is 0 Å². The van der Waals surface area contributed by atoms with Gasteiger partial charge in [0.05, 0.1) is 17.4 Å².